The zero-order valence-corrected chi connectivity index (χ0v) is 11.9. The fourth-order valence-electron chi connectivity index (χ4n) is 2.74. The van der Waals surface area contributed by atoms with Crippen molar-refractivity contribution >= 4 is 17.5 Å². The first kappa shape index (κ1) is 14.6. The van der Waals surface area contributed by atoms with Gasteiger partial charge in [0, 0.05) is 6.54 Å². The number of aromatic nitrogens is 1. The lowest BCUT2D eigenvalue weighted by atomic mass is 9.81. The van der Waals surface area contributed by atoms with Gasteiger partial charge in [0.2, 0.25) is 0 Å². The maximum Gasteiger partial charge on any atom is 0.354 e. The Labute approximate surface area is 119 Å². The molecule has 0 unspecified atom stereocenters. The highest BCUT2D eigenvalue weighted by Crippen LogP contribution is 2.30. The number of rotatable bonds is 5. The second-order valence-electron chi connectivity index (χ2n) is 5.78. The Morgan fingerprint density at radius 3 is 2.75 bits per heavy atom. The Bertz CT molecular complexity index is 468. The van der Waals surface area contributed by atoms with Crippen LogP contribution in [-0.2, 0) is 0 Å². The SMILES string of the molecule is CC1CCC(CCNc2nc(C(=O)O)ccc2N)CC1. The van der Waals surface area contributed by atoms with Gasteiger partial charge in [-0.3, -0.25) is 0 Å². The fourth-order valence-corrected chi connectivity index (χ4v) is 2.74. The molecule has 0 radical (unpaired) electrons. The van der Waals surface area contributed by atoms with Crippen molar-refractivity contribution in [2.24, 2.45) is 11.8 Å². The molecule has 2 rings (SSSR count). The van der Waals surface area contributed by atoms with Gasteiger partial charge in [-0.2, -0.15) is 0 Å². The Balaban J connectivity index is 1.84. The van der Waals surface area contributed by atoms with E-state index in [1.807, 2.05) is 0 Å². The Kier molecular flexibility index (Phi) is 4.82. The third-order valence-electron chi connectivity index (χ3n) is 4.13. The van der Waals surface area contributed by atoms with Crippen LogP contribution in [-0.4, -0.2) is 22.6 Å². The van der Waals surface area contributed by atoms with E-state index in [1.54, 1.807) is 6.07 Å². The van der Waals surface area contributed by atoms with E-state index >= 15 is 0 Å². The molecule has 110 valence electrons. The first-order valence-electron chi connectivity index (χ1n) is 7.30. The van der Waals surface area contributed by atoms with Gasteiger partial charge in [0.25, 0.3) is 0 Å². The molecule has 20 heavy (non-hydrogen) atoms. The summed E-state index contributed by atoms with van der Waals surface area (Å²) in [6.45, 7) is 3.11. The molecule has 0 saturated heterocycles. The summed E-state index contributed by atoms with van der Waals surface area (Å²) in [6, 6.07) is 3.01. The van der Waals surface area contributed by atoms with Crippen LogP contribution in [0.25, 0.3) is 0 Å². The fraction of sp³-hybridized carbons (Fsp3) is 0.600. The minimum Gasteiger partial charge on any atom is -0.477 e. The topological polar surface area (TPSA) is 88.2 Å². The predicted molar refractivity (Wildman–Crippen MR) is 79.8 cm³/mol. The van der Waals surface area contributed by atoms with E-state index in [2.05, 4.69) is 17.2 Å². The number of carboxylic acids is 1. The Hall–Kier alpha value is -1.78. The van der Waals surface area contributed by atoms with Crippen LogP contribution in [0.1, 0.15) is 49.5 Å². The van der Waals surface area contributed by atoms with E-state index < -0.39 is 5.97 Å². The second-order valence-corrected chi connectivity index (χ2v) is 5.78. The number of aromatic carboxylic acids is 1. The minimum atomic E-state index is -1.03. The number of nitrogen functional groups attached to an aromatic ring is 1. The van der Waals surface area contributed by atoms with E-state index in [9.17, 15) is 4.79 Å². The van der Waals surface area contributed by atoms with Crippen LogP contribution in [0.2, 0.25) is 0 Å². The molecule has 0 aliphatic heterocycles. The second kappa shape index (κ2) is 6.59. The van der Waals surface area contributed by atoms with Gasteiger partial charge in [0.05, 0.1) is 5.69 Å². The highest BCUT2D eigenvalue weighted by Gasteiger charge is 2.17. The standard InChI is InChI=1S/C15H23N3O2/c1-10-2-4-11(5-3-10)8-9-17-14-12(16)6-7-13(18-14)15(19)20/h6-7,10-11H,2-5,8-9,16H2,1H3,(H,17,18)(H,19,20). The zero-order chi connectivity index (χ0) is 14.5. The summed E-state index contributed by atoms with van der Waals surface area (Å²) >= 11 is 0. The maximum absolute atomic E-state index is 10.9. The van der Waals surface area contributed by atoms with Gasteiger partial charge in [0.15, 0.2) is 5.69 Å². The predicted octanol–water partition coefficient (Wildman–Crippen LogP) is 2.99. The molecule has 1 heterocycles. The van der Waals surface area contributed by atoms with Crippen molar-refractivity contribution < 1.29 is 9.90 Å². The van der Waals surface area contributed by atoms with Gasteiger partial charge in [-0.1, -0.05) is 32.6 Å². The number of hydrogen-bond acceptors (Lipinski definition) is 4. The average Bonchev–Trinajstić information content (AvgIpc) is 2.43. The van der Waals surface area contributed by atoms with Crippen molar-refractivity contribution in [3.8, 4) is 0 Å². The number of carboxylic acid groups (broad SMARTS) is 1. The molecule has 4 N–H and O–H groups in total. The molecule has 1 aromatic heterocycles. The molecule has 5 heteroatoms. The lowest BCUT2D eigenvalue weighted by Crippen LogP contribution is -2.17. The monoisotopic (exact) mass is 277 g/mol. The maximum atomic E-state index is 10.9. The molecule has 1 aliphatic rings. The van der Waals surface area contributed by atoms with E-state index in [-0.39, 0.29) is 5.69 Å². The molecule has 1 aromatic rings. The summed E-state index contributed by atoms with van der Waals surface area (Å²) in [7, 11) is 0. The van der Waals surface area contributed by atoms with Gasteiger partial charge in [0.1, 0.15) is 5.82 Å². The summed E-state index contributed by atoms with van der Waals surface area (Å²) in [4.78, 5) is 14.9. The summed E-state index contributed by atoms with van der Waals surface area (Å²) in [6.07, 6.45) is 6.31. The first-order valence-corrected chi connectivity index (χ1v) is 7.30. The van der Waals surface area contributed by atoms with Crippen molar-refractivity contribution in [2.75, 3.05) is 17.6 Å². The van der Waals surface area contributed by atoms with Crippen LogP contribution >= 0.6 is 0 Å². The molecule has 0 spiro atoms. The molecule has 1 saturated carbocycles. The molecule has 0 amide bonds. The van der Waals surface area contributed by atoms with E-state index in [1.165, 1.54) is 31.7 Å². The lowest BCUT2D eigenvalue weighted by Gasteiger charge is -2.26. The number of nitrogens with one attached hydrogen (secondary N) is 1. The molecular weight excluding hydrogens is 254 g/mol. The van der Waals surface area contributed by atoms with E-state index in [4.69, 9.17) is 10.8 Å². The van der Waals surface area contributed by atoms with Crippen LogP contribution in [0.4, 0.5) is 11.5 Å². The van der Waals surface area contributed by atoms with Crippen molar-refractivity contribution in [1.82, 2.24) is 4.98 Å². The van der Waals surface area contributed by atoms with Crippen LogP contribution in [0.15, 0.2) is 12.1 Å². The van der Waals surface area contributed by atoms with Crippen LogP contribution in [0.3, 0.4) is 0 Å². The molecule has 0 aromatic carbocycles. The quantitative estimate of drug-likeness (QED) is 0.770. The van der Waals surface area contributed by atoms with E-state index in [0.29, 0.717) is 11.5 Å². The van der Waals surface area contributed by atoms with Gasteiger partial charge >= 0.3 is 5.97 Å². The van der Waals surface area contributed by atoms with Crippen molar-refractivity contribution in [2.45, 2.75) is 39.0 Å². The van der Waals surface area contributed by atoms with Gasteiger partial charge in [-0.15, -0.1) is 0 Å². The third-order valence-corrected chi connectivity index (χ3v) is 4.13. The molecule has 0 bridgehead atoms. The lowest BCUT2D eigenvalue weighted by molar-refractivity contribution is 0.0690. The average molecular weight is 277 g/mol. The zero-order valence-electron chi connectivity index (χ0n) is 11.9. The number of anilines is 2. The van der Waals surface area contributed by atoms with Crippen molar-refractivity contribution in [3.05, 3.63) is 17.8 Å². The van der Waals surface area contributed by atoms with Gasteiger partial charge < -0.3 is 16.2 Å². The summed E-state index contributed by atoms with van der Waals surface area (Å²) in [5, 5.41) is 12.1. The van der Waals surface area contributed by atoms with Crippen molar-refractivity contribution in [3.63, 3.8) is 0 Å². The van der Waals surface area contributed by atoms with Crippen LogP contribution in [0, 0.1) is 11.8 Å². The Morgan fingerprint density at radius 1 is 1.40 bits per heavy atom. The van der Waals surface area contributed by atoms with Crippen LogP contribution in [0.5, 0.6) is 0 Å². The highest BCUT2D eigenvalue weighted by molar-refractivity contribution is 5.86. The summed E-state index contributed by atoms with van der Waals surface area (Å²) in [5.41, 5.74) is 6.32. The van der Waals surface area contributed by atoms with Gasteiger partial charge in [-0.05, 0) is 30.4 Å². The van der Waals surface area contributed by atoms with E-state index in [0.717, 1.165) is 24.8 Å². The molecule has 1 fully saturated rings. The number of hydrogen-bond donors (Lipinski definition) is 3. The number of pyridine rings is 1. The summed E-state index contributed by atoms with van der Waals surface area (Å²) < 4.78 is 0. The number of nitrogens with two attached hydrogens (primary N) is 1. The smallest absolute Gasteiger partial charge is 0.354 e. The van der Waals surface area contributed by atoms with Gasteiger partial charge in [-0.25, -0.2) is 9.78 Å². The minimum absolute atomic E-state index is 0.0215. The number of carbonyl (C=O) groups is 1. The molecule has 0 atom stereocenters. The summed E-state index contributed by atoms with van der Waals surface area (Å²) in [5.74, 6) is 1.08. The Morgan fingerprint density at radius 2 is 2.10 bits per heavy atom. The third kappa shape index (κ3) is 3.85. The first-order chi connectivity index (χ1) is 9.56. The molecule has 1 aliphatic carbocycles. The molecular formula is C15H23N3O2. The normalized spacial score (nSPS) is 22.4. The van der Waals surface area contributed by atoms with Crippen molar-refractivity contribution in [1.29, 1.82) is 0 Å². The molecule has 5 nitrogen and oxygen atoms in total. The highest BCUT2D eigenvalue weighted by atomic mass is 16.4. The van der Waals surface area contributed by atoms with Crippen LogP contribution < -0.4 is 11.1 Å². The largest absolute Gasteiger partial charge is 0.477 e. The number of nitrogens with zero attached hydrogens (tertiary/aromatic N) is 1.